The summed E-state index contributed by atoms with van der Waals surface area (Å²) in [5, 5.41) is 3.13. The van der Waals surface area contributed by atoms with Gasteiger partial charge in [0.1, 0.15) is 11.4 Å². The van der Waals surface area contributed by atoms with Crippen molar-refractivity contribution in [3.63, 3.8) is 0 Å². The fourth-order valence-electron chi connectivity index (χ4n) is 2.57. The lowest BCUT2D eigenvalue weighted by molar-refractivity contribution is 0.0225. The molecule has 0 fully saturated rings. The van der Waals surface area contributed by atoms with E-state index in [1.165, 1.54) is 23.5 Å². The van der Waals surface area contributed by atoms with Gasteiger partial charge < -0.3 is 9.64 Å². The number of rotatable bonds is 2. The Morgan fingerprint density at radius 3 is 2.81 bits per heavy atom. The Morgan fingerprint density at radius 1 is 1.37 bits per heavy atom. The Labute approximate surface area is 168 Å². The van der Waals surface area contributed by atoms with Crippen molar-refractivity contribution in [1.29, 1.82) is 0 Å². The molecule has 0 spiro atoms. The molecule has 27 heavy (non-hydrogen) atoms. The van der Waals surface area contributed by atoms with Gasteiger partial charge in [-0.2, -0.15) is 0 Å². The third-order valence-electron chi connectivity index (χ3n) is 3.78. The zero-order chi connectivity index (χ0) is 19.8. The smallest absolute Gasteiger partial charge is 0.410 e. The summed E-state index contributed by atoms with van der Waals surface area (Å²) in [4.78, 5) is 31.6. The van der Waals surface area contributed by atoms with Gasteiger partial charge in [0.15, 0.2) is 5.13 Å². The largest absolute Gasteiger partial charge is 0.444 e. The summed E-state index contributed by atoms with van der Waals surface area (Å²) in [7, 11) is 0. The van der Waals surface area contributed by atoms with E-state index in [9.17, 15) is 14.0 Å². The highest BCUT2D eigenvalue weighted by molar-refractivity contribution is 9.10. The number of benzene rings is 1. The molecule has 0 atom stereocenters. The zero-order valence-electron chi connectivity index (χ0n) is 15.1. The minimum Gasteiger partial charge on any atom is -0.444 e. The van der Waals surface area contributed by atoms with Gasteiger partial charge in [0.2, 0.25) is 0 Å². The van der Waals surface area contributed by atoms with Crippen LogP contribution in [-0.2, 0) is 17.7 Å². The average molecular weight is 456 g/mol. The number of aromatic nitrogens is 1. The lowest BCUT2D eigenvalue weighted by atomic mass is 10.2. The topological polar surface area (TPSA) is 71.5 Å². The van der Waals surface area contributed by atoms with Crippen molar-refractivity contribution in [1.82, 2.24) is 9.88 Å². The van der Waals surface area contributed by atoms with Crippen LogP contribution in [-0.4, -0.2) is 34.0 Å². The van der Waals surface area contributed by atoms with Crippen LogP contribution in [0.3, 0.4) is 0 Å². The van der Waals surface area contributed by atoms with Gasteiger partial charge in [0, 0.05) is 22.3 Å². The van der Waals surface area contributed by atoms with Crippen molar-refractivity contribution in [3.05, 3.63) is 44.6 Å². The number of carbonyl (C=O) groups is 2. The number of hydrogen-bond donors (Lipinski definition) is 1. The number of fused-ring (bicyclic) bond motifs is 1. The second kappa shape index (κ2) is 7.55. The lowest BCUT2D eigenvalue weighted by Gasteiger charge is -2.29. The molecule has 1 N–H and O–H groups in total. The standard InChI is InChI=1S/C18H19BrFN3O3S/c1-18(2,3)26-17(25)23-7-6-13-14(9-23)27-16(21-13)22-15(24)11-8-10(20)4-5-12(11)19/h4-5,8H,6-7,9H2,1-3H3,(H,21,22,24). The molecule has 1 aromatic carbocycles. The fourth-order valence-corrected chi connectivity index (χ4v) is 4.01. The number of thiazole rings is 1. The minimum absolute atomic E-state index is 0.193. The first kappa shape index (κ1) is 19.8. The van der Waals surface area contributed by atoms with Gasteiger partial charge in [-0.05, 0) is 54.9 Å². The quantitative estimate of drug-likeness (QED) is 0.718. The van der Waals surface area contributed by atoms with E-state index in [0.29, 0.717) is 29.1 Å². The molecule has 0 saturated heterocycles. The van der Waals surface area contributed by atoms with E-state index < -0.39 is 17.3 Å². The summed E-state index contributed by atoms with van der Waals surface area (Å²) in [5.41, 5.74) is 0.495. The van der Waals surface area contributed by atoms with Crippen LogP contribution in [0.15, 0.2) is 22.7 Å². The summed E-state index contributed by atoms with van der Waals surface area (Å²) >= 11 is 4.55. The molecule has 3 rings (SSSR count). The Balaban J connectivity index is 1.70. The molecule has 6 nitrogen and oxygen atoms in total. The van der Waals surface area contributed by atoms with E-state index >= 15 is 0 Å². The molecule has 0 radical (unpaired) electrons. The molecule has 1 aliphatic heterocycles. The summed E-state index contributed by atoms with van der Waals surface area (Å²) < 4.78 is 19.3. The number of amides is 2. The average Bonchev–Trinajstić information content (AvgIpc) is 2.96. The van der Waals surface area contributed by atoms with Gasteiger partial charge in [-0.3, -0.25) is 10.1 Å². The zero-order valence-corrected chi connectivity index (χ0v) is 17.5. The summed E-state index contributed by atoms with van der Waals surface area (Å²) in [6.45, 7) is 6.37. The van der Waals surface area contributed by atoms with E-state index in [1.54, 1.807) is 4.90 Å². The first-order valence-electron chi connectivity index (χ1n) is 8.35. The van der Waals surface area contributed by atoms with Crippen LogP contribution < -0.4 is 5.32 Å². The number of nitrogens with zero attached hydrogens (tertiary/aromatic N) is 2. The van der Waals surface area contributed by atoms with Crippen molar-refractivity contribution < 1.29 is 18.7 Å². The maximum atomic E-state index is 13.4. The third kappa shape index (κ3) is 4.84. The lowest BCUT2D eigenvalue weighted by Crippen LogP contribution is -2.39. The first-order chi connectivity index (χ1) is 12.6. The molecule has 0 bridgehead atoms. The highest BCUT2D eigenvalue weighted by atomic mass is 79.9. The van der Waals surface area contributed by atoms with Crippen molar-refractivity contribution in [2.45, 2.75) is 39.3 Å². The maximum absolute atomic E-state index is 13.4. The van der Waals surface area contributed by atoms with E-state index in [4.69, 9.17) is 4.74 Å². The molecular weight excluding hydrogens is 437 g/mol. The normalized spacial score (nSPS) is 13.9. The molecule has 9 heteroatoms. The summed E-state index contributed by atoms with van der Waals surface area (Å²) in [6.07, 6.45) is 0.223. The van der Waals surface area contributed by atoms with Gasteiger partial charge in [0.05, 0.1) is 17.8 Å². The van der Waals surface area contributed by atoms with E-state index in [2.05, 4.69) is 26.2 Å². The van der Waals surface area contributed by atoms with E-state index in [1.807, 2.05) is 20.8 Å². The molecule has 1 aromatic heterocycles. The number of hydrogen-bond acceptors (Lipinski definition) is 5. The van der Waals surface area contributed by atoms with Crippen LogP contribution in [0.4, 0.5) is 14.3 Å². The third-order valence-corrected chi connectivity index (χ3v) is 5.47. The number of halogens is 2. The van der Waals surface area contributed by atoms with Gasteiger partial charge in [-0.25, -0.2) is 14.2 Å². The Hall–Kier alpha value is -2.00. The Bertz CT molecular complexity index is 894. The molecule has 144 valence electrons. The molecular formula is C18H19BrFN3O3S. The van der Waals surface area contributed by atoms with Crippen molar-refractivity contribution in [3.8, 4) is 0 Å². The van der Waals surface area contributed by atoms with Crippen LogP contribution in [0.5, 0.6) is 0 Å². The van der Waals surface area contributed by atoms with Crippen molar-refractivity contribution >= 4 is 44.4 Å². The monoisotopic (exact) mass is 455 g/mol. The number of carbonyl (C=O) groups excluding carboxylic acids is 2. The number of anilines is 1. The predicted octanol–water partition coefficient (Wildman–Crippen LogP) is 4.59. The second-order valence-corrected chi connectivity index (χ2v) is 9.06. The maximum Gasteiger partial charge on any atom is 0.410 e. The van der Waals surface area contributed by atoms with Crippen LogP contribution in [0.25, 0.3) is 0 Å². The summed E-state index contributed by atoms with van der Waals surface area (Å²) in [6, 6.07) is 3.92. The minimum atomic E-state index is -0.553. The molecule has 0 aliphatic carbocycles. The Morgan fingerprint density at radius 2 is 2.11 bits per heavy atom. The second-order valence-electron chi connectivity index (χ2n) is 7.12. The first-order valence-corrected chi connectivity index (χ1v) is 9.96. The predicted molar refractivity (Wildman–Crippen MR) is 105 cm³/mol. The molecule has 2 heterocycles. The molecule has 1 aliphatic rings. The fraction of sp³-hybridized carbons (Fsp3) is 0.389. The molecule has 0 saturated carbocycles. The van der Waals surface area contributed by atoms with E-state index in [0.717, 1.165) is 16.6 Å². The van der Waals surface area contributed by atoms with Gasteiger partial charge in [-0.15, -0.1) is 0 Å². The van der Waals surface area contributed by atoms with Crippen molar-refractivity contribution in [2.24, 2.45) is 0 Å². The Kier molecular flexibility index (Phi) is 5.53. The molecule has 0 unspecified atom stereocenters. The van der Waals surface area contributed by atoms with Crippen LogP contribution in [0.2, 0.25) is 0 Å². The van der Waals surface area contributed by atoms with Crippen LogP contribution >= 0.6 is 27.3 Å². The number of ether oxygens (including phenoxy) is 1. The SMILES string of the molecule is CC(C)(C)OC(=O)N1CCc2nc(NC(=O)c3cc(F)ccc3Br)sc2C1. The highest BCUT2D eigenvalue weighted by Crippen LogP contribution is 2.30. The van der Waals surface area contributed by atoms with Gasteiger partial charge >= 0.3 is 6.09 Å². The van der Waals surface area contributed by atoms with Gasteiger partial charge in [-0.1, -0.05) is 11.3 Å². The number of nitrogens with one attached hydrogen (secondary N) is 1. The van der Waals surface area contributed by atoms with Crippen molar-refractivity contribution in [2.75, 3.05) is 11.9 Å². The summed E-state index contributed by atoms with van der Waals surface area (Å²) in [5.74, 6) is -0.939. The van der Waals surface area contributed by atoms with E-state index in [-0.39, 0.29) is 11.7 Å². The van der Waals surface area contributed by atoms with Crippen LogP contribution in [0, 0.1) is 5.82 Å². The molecule has 2 amide bonds. The molecule has 2 aromatic rings. The highest BCUT2D eigenvalue weighted by Gasteiger charge is 2.28. The van der Waals surface area contributed by atoms with Gasteiger partial charge in [0.25, 0.3) is 5.91 Å². The van der Waals surface area contributed by atoms with Crippen LogP contribution in [0.1, 0.15) is 41.7 Å².